The van der Waals surface area contributed by atoms with E-state index in [0.717, 1.165) is 16.7 Å². The Morgan fingerprint density at radius 3 is 2.48 bits per heavy atom. The number of allylic oxidation sites excluding steroid dienone is 1. The Bertz CT molecular complexity index is 930. The van der Waals surface area contributed by atoms with Crippen molar-refractivity contribution in [2.45, 2.75) is 6.42 Å². The number of aromatic nitrogens is 1. The average Bonchev–Trinajstić information content (AvgIpc) is 2.68. The normalized spacial score (nSPS) is 10.2. The molecule has 0 amide bonds. The molecule has 0 aliphatic carbocycles. The first kappa shape index (κ1) is 16.5. The number of carbonyl (C=O) groups is 2. The summed E-state index contributed by atoms with van der Waals surface area (Å²) in [6.07, 6.45) is 4.92. The molecule has 0 radical (unpaired) electrons. The van der Waals surface area contributed by atoms with Crippen molar-refractivity contribution in [3.05, 3.63) is 102 Å². The van der Waals surface area contributed by atoms with Crippen molar-refractivity contribution in [3.8, 4) is 11.1 Å². The maximum Gasteiger partial charge on any atom is 0.193 e. The topological polar surface area (TPSA) is 47.0 Å². The molecule has 3 rings (SSSR count). The fourth-order valence-electron chi connectivity index (χ4n) is 2.69. The standard InChI is InChI=1S/C22H17NO2/c1-2-20(24)14-19-15-23-12-11-21(19)17-9-6-10-18(13-17)22(25)16-7-4-3-5-8-16/h2-13,15H,1,14H2. The number of pyridine rings is 1. The van der Waals surface area contributed by atoms with Crippen molar-refractivity contribution >= 4 is 11.6 Å². The molecule has 0 N–H and O–H groups in total. The molecule has 0 bridgehead atoms. The summed E-state index contributed by atoms with van der Waals surface area (Å²) in [5, 5.41) is 0. The molecule has 0 atom stereocenters. The third-order valence-electron chi connectivity index (χ3n) is 3.97. The monoisotopic (exact) mass is 327 g/mol. The molecule has 25 heavy (non-hydrogen) atoms. The van der Waals surface area contributed by atoms with Crippen LogP contribution < -0.4 is 0 Å². The van der Waals surface area contributed by atoms with Gasteiger partial charge in [-0.15, -0.1) is 0 Å². The van der Waals surface area contributed by atoms with Crippen LogP contribution in [0.2, 0.25) is 0 Å². The Hall–Kier alpha value is -3.33. The summed E-state index contributed by atoms with van der Waals surface area (Å²) in [7, 11) is 0. The average molecular weight is 327 g/mol. The number of hydrogen-bond donors (Lipinski definition) is 0. The number of hydrogen-bond acceptors (Lipinski definition) is 3. The van der Waals surface area contributed by atoms with Gasteiger partial charge in [-0.1, -0.05) is 55.1 Å². The van der Waals surface area contributed by atoms with Crippen LogP contribution in [0, 0.1) is 0 Å². The highest BCUT2D eigenvalue weighted by Gasteiger charge is 2.12. The number of benzene rings is 2. The Kier molecular flexibility index (Phi) is 4.95. The van der Waals surface area contributed by atoms with E-state index in [1.54, 1.807) is 30.6 Å². The lowest BCUT2D eigenvalue weighted by atomic mass is 9.95. The van der Waals surface area contributed by atoms with E-state index in [2.05, 4.69) is 11.6 Å². The van der Waals surface area contributed by atoms with Crippen molar-refractivity contribution in [2.75, 3.05) is 0 Å². The van der Waals surface area contributed by atoms with Crippen molar-refractivity contribution in [1.29, 1.82) is 0 Å². The Balaban J connectivity index is 1.99. The predicted octanol–water partition coefficient (Wildman–Crippen LogP) is 4.28. The zero-order valence-electron chi connectivity index (χ0n) is 13.7. The minimum Gasteiger partial charge on any atom is -0.295 e. The summed E-state index contributed by atoms with van der Waals surface area (Å²) in [5.41, 5.74) is 3.86. The molecule has 2 aromatic carbocycles. The van der Waals surface area contributed by atoms with E-state index in [4.69, 9.17) is 0 Å². The van der Waals surface area contributed by atoms with E-state index < -0.39 is 0 Å². The van der Waals surface area contributed by atoms with Crippen LogP contribution in [0.3, 0.4) is 0 Å². The third-order valence-corrected chi connectivity index (χ3v) is 3.97. The number of nitrogens with zero attached hydrogens (tertiary/aromatic N) is 1. The highest BCUT2D eigenvalue weighted by Crippen LogP contribution is 2.25. The quantitative estimate of drug-likeness (QED) is 0.501. The lowest BCUT2D eigenvalue weighted by Crippen LogP contribution is -2.03. The minimum absolute atomic E-state index is 0.0276. The lowest BCUT2D eigenvalue weighted by Gasteiger charge is -2.09. The van der Waals surface area contributed by atoms with Crippen LogP contribution in [0.4, 0.5) is 0 Å². The van der Waals surface area contributed by atoms with Gasteiger partial charge in [-0.2, -0.15) is 0 Å². The zero-order chi connectivity index (χ0) is 17.6. The summed E-state index contributed by atoms with van der Waals surface area (Å²) < 4.78 is 0. The first-order valence-electron chi connectivity index (χ1n) is 7.97. The van der Waals surface area contributed by atoms with Crippen molar-refractivity contribution in [1.82, 2.24) is 4.98 Å². The second-order valence-corrected chi connectivity index (χ2v) is 5.66. The smallest absolute Gasteiger partial charge is 0.193 e. The molecule has 0 saturated carbocycles. The van der Waals surface area contributed by atoms with Gasteiger partial charge in [0.25, 0.3) is 0 Å². The Morgan fingerprint density at radius 1 is 0.960 bits per heavy atom. The minimum atomic E-state index is -0.0641. The number of rotatable bonds is 6. The molecule has 1 aromatic heterocycles. The van der Waals surface area contributed by atoms with Gasteiger partial charge in [0.15, 0.2) is 11.6 Å². The van der Waals surface area contributed by atoms with Crippen LogP contribution >= 0.6 is 0 Å². The molecule has 3 aromatic rings. The van der Waals surface area contributed by atoms with E-state index in [1.165, 1.54) is 6.08 Å². The molecule has 3 nitrogen and oxygen atoms in total. The van der Waals surface area contributed by atoms with Gasteiger partial charge in [0, 0.05) is 29.9 Å². The van der Waals surface area contributed by atoms with Crippen LogP contribution in [0.5, 0.6) is 0 Å². The number of ketones is 2. The predicted molar refractivity (Wildman–Crippen MR) is 98.5 cm³/mol. The fraction of sp³-hybridized carbons (Fsp3) is 0.0455. The molecule has 3 heteroatoms. The molecule has 0 saturated heterocycles. The fourth-order valence-corrected chi connectivity index (χ4v) is 2.69. The van der Waals surface area contributed by atoms with E-state index >= 15 is 0 Å². The zero-order valence-corrected chi connectivity index (χ0v) is 13.7. The number of carbonyl (C=O) groups excluding carboxylic acids is 2. The largest absolute Gasteiger partial charge is 0.295 e. The summed E-state index contributed by atoms with van der Waals surface area (Å²) in [6.45, 7) is 3.52. The molecule has 0 aliphatic heterocycles. The van der Waals surface area contributed by atoms with Crippen LogP contribution in [0.25, 0.3) is 11.1 Å². The first-order valence-corrected chi connectivity index (χ1v) is 7.97. The lowest BCUT2D eigenvalue weighted by molar-refractivity contribution is -0.114. The second kappa shape index (κ2) is 7.49. The molecule has 1 heterocycles. The highest BCUT2D eigenvalue weighted by molar-refractivity contribution is 6.09. The van der Waals surface area contributed by atoms with Gasteiger partial charge in [0.05, 0.1) is 0 Å². The first-order chi connectivity index (χ1) is 12.2. The molecule has 0 fully saturated rings. The van der Waals surface area contributed by atoms with E-state index in [1.807, 2.05) is 42.5 Å². The van der Waals surface area contributed by atoms with Crippen molar-refractivity contribution in [2.24, 2.45) is 0 Å². The highest BCUT2D eigenvalue weighted by atomic mass is 16.1. The maximum atomic E-state index is 12.7. The third kappa shape index (κ3) is 3.78. The van der Waals surface area contributed by atoms with Crippen LogP contribution in [0.15, 0.2) is 85.7 Å². The van der Waals surface area contributed by atoms with Crippen LogP contribution in [-0.2, 0) is 11.2 Å². The van der Waals surface area contributed by atoms with Gasteiger partial charge in [0.1, 0.15) is 0 Å². The SMILES string of the molecule is C=CC(=O)Cc1cnccc1-c1cccc(C(=O)c2ccccc2)c1. The Labute approximate surface area is 146 Å². The summed E-state index contributed by atoms with van der Waals surface area (Å²) >= 11 is 0. The molecule has 122 valence electrons. The van der Waals surface area contributed by atoms with Crippen LogP contribution in [-0.4, -0.2) is 16.6 Å². The van der Waals surface area contributed by atoms with Gasteiger partial charge in [-0.3, -0.25) is 14.6 Å². The van der Waals surface area contributed by atoms with Gasteiger partial charge in [-0.25, -0.2) is 0 Å². The van der Waals surface area contributed by atoms with E-state index in [0.29, 0.717) is 11.1 Å². The Morgan fingerprint density at radius 2 is 1.72 bits per heavy atom. The van der Waals surface area contributed by atoms with Crippen LogP contribution in [0.1, 0.15) is 21.5 Å². The molecule has 0 spiro atoms. The summed E-state index contributed by atoms with van der Waals surface area (Å²) in [5.74, 6) is -0.0917. The van der Waals surface area contributed by atoms with Gasteiger partial charge in [-0.05, 0) is 34.9 Å². The molecule has 0 unspecified atom stereocenters. The van der Waals surface area contributed by atoms with Crippen molar-refractivity contribution < 1.29 is 9.59 Å². The molecular formula is C22H17NO2. The van der Waals surface area contributed by atoms with E-state index in [9.17, 15) is 9.59 Å². The van der Waals surface area contributed by atoms with Gasteiger partial charge < -0.3 is 0 Å². The summed E-state index contributed by atoms with van der Waals surface area (Å²) in [6, 6.07) is 18.5. The maximum absolute atomic E-state index is 12.7. The molecule has 0 aliphatic rings. The van der Waals surface area contributed by atoms with Gasteiger partial charge >= 0.3 is 0 Å². The van der Waals surface area contributed by atoms with Crippen molar-refractivity contribution in [3.63, 3.8) is 0 Å². The van der Waals surface area contributed by atoms with E-state index in [-0.39, 0.29) is 18.0 Å². The summed E-state index contributed by atoms with van der Waals surface area (Å²) in [4.78, 5) is 28.5. The molecular weight excluding hydrogens is 310 g/mol. The van der Waals surface area contributed by atoms with Gasteiger partial charge in [0.2, 0.25) is 0 Å². The second-order valence-electron chi connectivity index (χ2n) is 5.66.